The highest BCUT2D eigenvalue weighted by atomic mass is 19.1. The molecule has 0 saturated carbocycles. The van der Waals surface area contributed by atoms with Gasteiger partial charge in [-0.2, -0.15) is 5.10 Å². The van der Waals surface area contributed by atoms with E-state index in [4.69, 9.17) is 0 Å². The Morgan fingerprint density at radius 1 is 1.10 bits per heavy atom. The van der Waals surface area contributed by atoms with E-state index in [0.717, 1.165) is 0 Å². The van der Waals surface area contributed by atoms with Gasteiger partial charge in [-0.3, -0.25) is 4.79 Å². The fourth-order valence-electron chi connectivity index (χ4n) is 3.05. The highest BCUT2D eigenvalue weighted by molar-refractivity contribution is 6.08. The number of nitrogens with zero attached hydrogens (tertiary/aromatic N) is 2. The Kier molecular flexibility index (Phi) is 4.55. The summed E-state index contributed by atoms with van der Waals surface area (Å²) in [6.45, 7) is 0. The van der Waals surface area contributed by atoms with Gasteiger partial charge in [-0.05, 0) is 36.4 Å². The number of carbonyl (C=O) groups is 2. The second-order valence-electron chi connectivity index (χ2n) is 6.29. The van der Waals surface area contributed by atoms with E-state index in [-0.39, 0.29) is 22.6 Å². The van der Waals surface area contributed by atoms with Gasteiger partial charge >= 0.3 is 5.97 Å². The molecule has 9 heteroatoms. The Hall–Kier alpha value is -4.01. The van der Waals surface area contributed by atoms with Crippen molar-refractivity contribution in [3.05, 3.63) is 89.3 Å². The van der Waals surface area contributed by atoms with Gasteiger partial charge in [-0.25, -0.2) is 18.3 Å². The lowest BCUT2D eigenvalue weighted by molar-refractivity contribution is -0.132. The SMILES string of the molecule is O=C(O)C1=C[C@@H](c2ccccc2F)n2ncc(C(=O)Nc3ccc(F)cc3)c2N1. The number of amides is 1. The summed E-state index contributed by atoms with van der Waals surface area (Å²) in [6.07, 6.45) is 2.58. The third-order valence-corrected chi connectivity index (χ3v) is 4.44. The van der Waals surface area contributed by atoms with Crippen molar-refractivity contribution in [2.45, 2.75) is 6.04 Å². The number of allylic oxidation sites excluding steroid dienone is 1. The zero-order valence-electron chi connectivity index (χ0n) is 14.8. The fourth-order valence-corrected chi connectivity index (χ4v) is 3.05. The van der Waals surface area contributed by atoms with Crippen molar-refractivity contribution in [1.29, 1.82) is 0 Å². The highest BCUT2D eigenvalue weighted by Crippen LogP contribution is 2.33. The summed E-state index contributed by atoms with van der Waals surface area (Å²) >= 11 is 0. The zero-order valence-corrected chi connectivity index (χ0v) is 14.8. The Morgan fingerprint density at radius 2 is 1.83 bits per heavy atom. The molecule has 29 heavy (non-hydrogen) atoms. The minimum Gasteiger partial charge on any atom is -0.477 e. The van der Waals surface area contributed by atoms with Gasteiger partial charge in [-0.1, -0.05) is 18.2 Å². The summed E-state index contributed by atoms with van der Waals surface area (Å²) in [6, 6.07) is 10.2. The van der Waals surface area contributed by atoms with Crippen LogP contribution >= 0.6 is 0 Å². The molecule has 0 saturated heterocycles. The summed E-state index contributed by atoms with van der Waals surface area (Å²) in [4.78, 5) is 24.2. The normalized spacial score (nSPS) is 15.1. The summed E-state index contributed by atoms with van der Waals surface area (Å²) in [5.41, 5.74) is 0.416. The zero-order chi connectivity index (χ0) is 20.5. The Bertz CT molecular complexity index is 1140. The molecule has 0 radical (unpaired) electrons. The first-order valence-corrected chi connectivity index (χ1v) is 8.55. The van der Waals surface area contributed by atoms with Gasteiger partial charge in [0.25, 0.3) is 5.91 Å². The number of aromatic nitrogens is 2. The number of benzene rings is 2. The summed E-state index contributed by atoms with van der Waals surface area (Å²) in [5.74, 6) is -2.71. The van der Waals surface area contributed by atoms with Crippen LogP contribution in [-0.2, 0) is 4.79 Å². The number of fused-ring (bicyclic) bond motifs is 1. The van der Waals surface area contributed by atoms with E-state index >= 15 is 0 Å². The first-order valence-electron chi connectivity index (χ1n) is 8.55. The van der Waals surface area contributed by atoms with E-state index in [2.05, 4.69) is 15.7 Å². The van der Waals surface area contributed by atoms with Crippen molar-refractivity contribution in [3.8, 4) is 0 Å². The Labute approximate surface area is 163 Å². The predicted molar refractivity (Wildman–Crippen MR) is 100 cm³/mol. The predicted octanol–water partition coefficient (Wildman–Crippen LogP) is 3.40. The quantitative estimate of drug-likeness (QED) is 0.628. The molecule has 2 heterocycles. The third kappa shape index (κ3) is 3.45. The number of anilines is 2. The van der Waals surface area contributed by atoms with E-state index in [9.17, 15) is 23.5 Å². The van der Waals surface area contributed by atoms with E-state index in [0.29, 0.717) is 5.69 Å². The van der Waals surface area contributed by atoms with E-state index in [1.165, 1.54) is 59.4 Å². The fraction of sp³-hybridized carbons (Fsp3) is 0.0500. The van der Waals surface area contributed by atoms with Gasteiger partial charge in [-0.15, -0.1) is 0 Å². The van der Waals surface area contributed by atoms with Crippen molar-refractivity contribution in [3.63, 3.8) is 0 Å². The van der Waals surface area contributed by atoms with Crippen molar-refractivity contribution in [2.75, 3.05) is 10.6 Å². The molecule has 0 spiro atoms. The second-order valence-corrected chi connectivity index (χ2v) is 6.29. The molecule has 1 aliphatic rings. The van der Waals surface area contributed by atoms with Gasteiger partial charge < -0.3 is 15.7 Å². The summed E-state index contributed by atoms with van der Waals surface area (Å²) < 4.78 is 28.7. The van der Waals surface area contributed by atoms with Crippen LogP contribution in [0.4, 0.5) is 20.3 Å². The topological polar surface area (TPSA) is 96.2 Å². The molecule has 1 aromatic heterocycles. The highest BCUT2D eigenvalue weighted by Gasteiger charge is 2.30. The number of hydrogen-bond donors (Lipinski definition) is 3. The molecule has 0 bridgehead atoms. The standard InChI is InChI=1S/C20H14F2N4O3/c21-11-5-7-12(8-6-11)24-19(27)14-10-23-26-17(13-3-1-2-4-15(13)22)9-16(20(28)29)25-18(14)26/h1-10,17,25H,(H,24,27)(H,28,29)/t17-/m0/s1. The van der Waals surface area contributed by atoms with Gasteiger partial charge in [0.05, 0.1) is 6.20 Å². The van der Waals surface area contributed by atoms with Crippen LogP contribution in [0.1, 0.15) is 22.0 Å². The van der Waals surface area contributed by atoms with Crippen LogP contribution < -0.4 is 10.6 Å². The maximum Gasteiger partial charge on any atom is 0.352 e. The molecule has 4 rings (SSSR count). The summed E-state index contributed by atoms with van der Waals surface area (Å²) in [7, 11) is 0. The largest absolute Gasteiger partial charge is 0.477 e. The molecule has 1 aliphatic heterocycles. The lowest BCUT2D eigenvalue weighted by atomic mass is 10.0. The Morgan fingerprint density at radius 3 is 2.52 bits per heavy atom. The van der Waals surface area contributed by atoms with Crippen molar-refractivity contribution < 1.29 is 23.5 Å². The Balaban J connectivity index is 1.73. The third-order valence-electron chi connectivity index (χ3n) is 4.44. The van der Waals surface area contributed by atoms with Crippen LogP contribution in [0.2, 0.25) is 0 Å². The van der Waals surface area contributed by atoms with E-state index in [1.807, 2.05) is 0 Å². The molecule has 3 aromatic rings. The molecule has 7 nitrogen and oxygen atoms in total. The number of carboxylic acid groups (broad SMARTS) is 1. The molecule has 0 unspecified atom stereocenters. The number of nitrogens with one attached hydrogen (secondary N) is 2. The molecular formula is C20H14F2N4O3. The van der Waals surface area contributed by atoms with Gasteiger partial charge in [0.1, 0.15) is 34.8 Å². The van der Waals surface area contributed by atoms with Gasteiger partial charge in [0.2, 0.25) is 0 Å². The van der Waals surface area contributed by atoms with Crippen LogP contribution in [0, 0.1) is 11.6 Å². The van der Waals surface area contributed by atoms with Crippen LogP contribution in [-0.4, -0.2) is 26.8 Å². The van der Waals surface area contributed by atoms with Crippen molar-refractivity contribution in [1.82, 2.24) is 9.78 Å². The molecule has 3 N–H and O–H groups in total. The monoisotopic (exact) mass is 396 g/mol. The molecule has 146 valence electrons. The first kappa shape index (κ1) is 18.4. The number of rotatable bonds is 4. The lowest BCUT2D eigenvalue weighted by Gasteiger charge is -2.24. The number of carboxylic acids is 1. The molecule has 0 aliphatic carbocycles. The van der Waals surface area contributed by atoms with Gasteiger partial charge in [0, 0.05) is 11.3 Å². The van der Waals surface area contributed by atoms with E-state index in [1.54, 1.807) is 6.07 Å². The van der Waals surface area contributed by atoms with Gasteiger partial charge in [0.15, 0.2) is 0 Å². The average Bonchev–Trinajstić information content (AvgIpc) is 3.13. The smallest absolute Gasteiger partial charge is 0.352 e. The number of halogens is 2. The maximum atomic E-state index is 14.3. The molecular weight excluding hydrogens is 382 g/mol. The van der Waals surface area contributed by atoms with E-state index < -0.39 is 29.6 Å². The van der Waals surface area contributed by atoms with Crippen LogP contribution in [0.5, 0.6) is 0 Å². The maximum absolute atomic E-state index is 14.3. The first-order chi connectivity index (χ1) is 13.9. The molecule has 1 atom stereocenters. The average molecular weight is 396 g/mol. The minimum atomic E-state index is -1.26. The van der Waals surface area contributed by atoms with Crippen molar-refractivity contribution >= 4 is 23.4 Å². The molecule has 1 amide bonds. The molecule has 2 aromatic carbocycles. The molecule has 0 fully saturated rings. The van der Waals surface area contributed by atoms with Crippen molar-refractivity contribution in [2.24, 2.45) is 0 Å². The number of hydrogen-bond acceptors (Lipinski definition) is 4. The lowest BCUT2D eigenvalue weighted by Crippen LogP contribution is -2.26. The van der Waals surface area contributed by atoms with Crippen LogP contribution in [0.25, 0.3) is 0 Å². The number of carbonyl (C=O) groups excluding carboxylic acids is 1. The summed E-state index contributed by atoms with van der Waals surface area (Å²) in [5, 5.41) is 18.8. The minimum absolute atomic E-state index is 0.0579. The van der Waals surface area contributed by atoms with Crippen LogP contribution in [0.15, 0.2) is 66.5 Å². The number of aliphatic carboxylic acids is 1. The second kappa shape index (κ2) is 7.19. The van der Waals surface area contributed by atoms with Crippen LogP contribution in [0.3, 0.4) is 0 Å².